The molecule has 4 unspecified atom stereocenters. The summed E-state index contributed by atoms with van der Waals surface area (Å²) in [4.78, 5) is 5.17. The zero-order valence-electron chi connectivity index (χ0n) is 30.9. The Kier molecular flexibility index (Phi) is 7.41. The van der Waals surface area contributed by atoms with Gasteiger partial charge in [0.1, 0.15) is 0 Å². The number of rotatable bonds is 6. The van der Waals surface area contributed by atoms with Crippen molar-refractivity contribution < 1.29 is 0 Å². The quantitative estimate of drug-likeness (QED) is 0.164. The molecule has 0 amide bonds. The van der Waals surface area contributed by atoms with Crippen molar-refractivity contribution in [2.24, 2.45) is 5.92 Å². The number of hydrogen-bond acceptors (Lipinski definition) is 2. The van der Waals surface area contributed by atoms with Crippen LogP contribution in [0.5, 0.6) is 0 Å². The third kappa shape index (κ3) is 5.06. The van der Waals surface area contributed by atoms with Crippen LogP contribution in [0, 0.1) is 5.92 Å². The van der Waals surface area contributed by atoms with Gasteiger partial charge in [0, 0.05) is 34.2 Å². The van der Waals surface area contributed by atoms with Crippen LogP contribution in [0.2, 0.25) is 0 Å². The van der Waals surface area contributed by atoms with Crippen LogP contribution in [0.15, 0.2) is 176 Å². The first kappa shape index (κ1) is 32.1. The third-order valence-electron chi connectivity index (χ3n) is 13.0. The van der Waals surface area contributed by atoms with Gasteiger partial charge in [-0.2, -0.15) is 0 Å². The number of benzene rings is 5. The summed E-state index contributed by atoms with van der Waals surface area (Å²) in [5, 5.41) is 0. The molecule has 4 aliphatic carbocycles. The Balaban J connectivity index is 1.02. The summed E-state index contributed by atoms with van der Waals surface area (Å²) >= 11 is 0. The Hall–Kier alpha value is -5.60. The Morgan fingerprint density at radius 2 is 1.32 bits per heavy atom. The van der Waals surface area contributed by atoms with E-state index in [0.717, 1.165) is 6.42 Å². The van der Waals surface area contributed by atoms with Crippen molar-refractivity contribution in [2.45, 2.75) is 62.9 Å². The van der Waals surface area contributed by atoms with Gasteiger partial charge in [-0.15, -0.1) is 0 Å². The van der Waals surface area contributed by atoms with Crippen molar-refractivity contribution in [3.8, 4) is 22.3 Å². The molecule has 260 valence electrons. The van der Waals surface area contributed by atoms with Crippen molar-refractivity contribution >= 4 is 22.6 Å². The summed E-state index contributed by atoms with van der Waals surface area (Å²) < 4.78 is 0. The van der Waals surface area contributed by atoms with Crippen LogP contribution in [-0.4, -0.2) is 12.1 Å². The highest BCUT2D eigenvalue weighted by Crippen LogP contribution is 2.55. The summed E-state index contributed by atoms with van der Waals surface area (Å²) in [6.45, 7) is 7.28. The van der Waals surface area contributed by atoms with E-state index in [0.29, 0.717) is 18.0 Å². The van der Waals surface area contributed by atoms with E-state index in [4.69, 9.17) is 0 Å². The summed E-state index contributed by atoms with van der Waals surface area (Å²) in [6, 6.07) is 46.1. The molecule has 5 aromatic rings. The highest BCUT2D eigenvalue weighted by atomic mass is 15.2. The van der Waals surface area contributed by atoms with Crippen LogP contribution in [0.4, 0.5) is 17.1 Å². The molecule has 4 atom stereocenters. The van der Waals surface area contributed by atoms with Gasteiger partial charge in [0.25, 0.3) is 0 Å². The average molecular weight is 687 g/mol. The van der Waals surface area contributed by atoms with Crippen LogP contribution >= 0.6 is 0 Å². The fraction of sp³-hybridized carbons (Fsp3) is 0.216. The smallest absolute Gasteiger partial charge is 0.0612 e. The van der Waals surface area contributed by atoms with E-state index < -0.39 is 0 Å². The molecule has 0 fully saturated rings. The summed E-state index contributed by atoms with van der Waals surface area (Å²) in [6.07, 6.45) is 22.2. The van der Waals surface area contributed by atoms with Crippen molar-refractivity contribution in [1.82, 2.24) is 0 Å². The molecule has 0 saturated heterocycles. The summed E-state index contributed by atoms with van der Waals surface area (Å²) in [5.74, 6) is 0.421. The van der Waals surface area contributed by atoms with Crippen molar-refractivity contribution in [1.29, 1.82) is 0 Å². The van der Waals surface area contributed by atoms with Crippen LogP contribution in [0.3, 0.4) is 0 Å². The first-order valence-corrected chi connectivity index (χ1v) is 19.4. The minimum absolute atomic E-state index is 0.0489. The largest absolute Gasteiger partial charge is 0.357 e. The van der Waals surface area contributed by atoms with Gasteiger partial charge in [0.2, 0.25) is 0 Å². The topological polar surface area (TPSA) is 6.48 Å². The van der Waals surface area contributed by atoms with Gasteiger partial charge in [0.15, 0.2) is 0 Å². The molecule has 0 radical (unpaired) electrons. The first-order valence-electron chi connectivity index (χ1n) is 19.4. The zero-order chi connectivity index (χ0) is 35.7. The molecule has 0 N–H and O–H groups in total. The molecule has 1 heterocycles. The highest BCUT2D eigenvalue weighted by Gasteiger charge is 2.48. The minimum atomic E-state index is -0.0489. The van der Waals surface area contributed by atoms with E-state index in [1.165, 1.54) is 80.1 Å². The van der Waals surface area contributed by atoms with Crippen LogP contribution in [0.1, 0.15) is 56.7 Å². The van der Waals surface area contributed by atoms with Gasteiger partial charge in [-0.3, -0.25) is 0 Å². The molecule has 2 nitrogen and oxygen atoms in total. The van der Waals surface area contributed by atoms with Crippen molar-refractivity contribution in [2.75, 3.05) is 9.80 Å². The standard InChI is InChI=1S/C51H46N2/c1-50(2)45-18-10-9-17-43(45)44-30-29-42(34-46(44)50)52(40-25-20-36(21-26-40)35-13-5-4-6-14-35)41-27-22-37(23-28-41)38-24-31-48-47(33-38)51(3)32-12-11-19-49(51)53(48)39-15-7-8-16-39/h4-7,9-15,17-33,39,46,49H,8,16,34H2,1-3H3. The fourth-order valence-electron chi connectivity index (χ4n) is 10.1. The second-order valence-corrected chi connectivity index (χ2v) is 16.3. The van der Waals surface area contributed by atoms with Gasteiger partial charge in [-0.25, -0.2) is 0 Å². The Bertz CT molecular complexity index is 2370. The molecule has 5 aromatic carbocycles. The second kappa shape index (κ2) is 12.2. The normalized spacial score (nSPS) is 24.3. The monoisotopic (exact) mass is 686 g/mol. The number of fused-ring (bicyclic) bond motifs is 6. The third-order valence-corrected chi connectivity index (χ3v) is 13.0. The van der Waals surface area contributed by atoms with Gasteiger partial charge in [-0.1, -0.05) is 141 Å². The lowest BCUT2D eigenvalue weighted by Gasteiger charge is -2.37. The Labute approximate surface area is 314 Å². The van der Waals surface area contributed by atoms with Gasteiger partial charge in [-0.05, 0) is 125 Å². The van der Waals surface area contributed by atoms with Crippen LogP contribution < -0.4 is 9.80 Å². The number of nitrogens with zero attached hydrogens (tertiary/aromatic N) is 2. The van der Waals surface area contributed by atoms with E-state index >= 15 is 0 Å². The predicted octanol–water partition coefficient (Wildman–Crippen LogP) is 12.7. The van der Waals surface area contributed by atoms with E-state index in [-0.39, 0.29) is 10.8 Å². The Morgan fingerprint density at radius 3 is 2.06 bits per heavy atom. The summed E-state index contributed by atoms with van der Waals surface area (Å²) in [5.41, 5.74) is 15.9. The molecular formula is C51H46N2. The molecule has 0 bridgehead atoms. The van der Waals surface area contributed by atoms with E-state index in [9.17, 15) is 0 Å². The maximum absolute atomic E-state index is 2.68. The molecule has 2 heteroatoms. The average Bonchev–Trinajstić information content (AvgIpc) is 3.88. The number of allylic oxidation sites excluding steroid dienone is 7. The first-order chi connectivity index (χ1) is 25.9. The fourth-order valence-corrected chi connectivity index (χ4v) is 10.1. The molecule has 0 spiro atoms. The molecule has 53 heavy (non-hydrogen) atoms. The van der Waals surface area contributed by atoms with E-state index in [2.05, 4.69) is 201 Å². The van der Waals surface area contributed by atoms with Crippen LogP contribution in [-0.2, 0) is 10.8 Å². The Morgan fingerprint density at radius 1 is 0.642 bits per heavy atom. The summed E-state index contributed by atoms with van der Waals surface area (Å²) in [7, 11) is 0. The lowest BCUT2D eigenvalue weighted by molar-refractivity contribution is 0.406. The number of hydrogen-bond donors (Lipinski definition) is 0. The molecule has 10 rings (SSSR count). The van der Waals surface area contributed by atoms with Crippen molar-refractivity contribution in [3.05, 3.63) is 192 Å². The maximum Gasteiger partial charge on any atom is 0.0612 e. The predicted molar refractivity (Wildman–Crippen MR) is 224 cm³/mol. The van der Waals surface area contributed by atoms with Gasteiger partial charge < -0.3 is 9.80 Å². The molecule has 5 aliphatic rings. The SMILES string of the molecule is CC1(C)c2ccccc2C2=CC=C(N(c3ccc(-c4ccccc4)cc3)c3ccc(-c4ccc5c(c4)C4(C)C=CC=CC4N5C4C=CCC4)cc3)CC21. The lowest BCUT2D eigenvalue weighted by Crippen LogP contribution is -2.45. The van der Waals surface area contributed by atoms with Gasteiger partial charge >= 0.3 is 0 Å². The van der Waals surface area contributed by atoms with Crippen LogP contribution in [0.25, 0.3) is 27.8 Å². The lowest BCUT2D eigenvalue weighted by atomic mass is 9.74. The highest BCUT2D eigenvalue weighted by molar-refractivity contribution is 5.83. The number of anilines is 3. The van der Waals surface area contributed by atoms with Crippen molar-refractivity contribution in [3.63, 3.8) is 0 Å². The maximum atomic E-state index is 2.68. The molecule has 0 saturated carbocycles. The van der Waals surface area contributed by atoms with E-state index in [1.54, 1.807) is 0 Å². The van der Waals surface area contributed by atoms with Gasteiger partial charge in [0.05, 0.1) is 6.04 Å². The van der Waals surface area contributed by atoms with E-state index in [1.807, 2.05) is 0 Å². The molecular weight excluding hydrogens is 641 g/mol. The molecule has 1 aliphatic heterocycles. The molecule has 0 aromatic heterocycles. The second-order valence-electron chi connectivity index (χ2n) is 16.3. The minimum Gasteiger partial charge on any atom is -0.357 e. The zero-order valence-corrected chi connectivity index (χ0v) is 30.9.